The molecule has 13 heavy (non-hydrogen) atoms. The van der Waals surface area contributed by atoms with E-state index in [2.05, 4.69) is 26.0 Å². The van der Waals surface area contributed by atoms with Crippen molar-refractivity contribution in [3.63, 3.8) is 0 Å². The SMILES string of the molecule is C/C=C\Oc1ccc(C(C)C)cc1. The van der Waals surface area contributed by atoms with Gasteiger partial charge in [-0.3, -0.25) is 0 Å². The summed E-state index contributed by atoms with van der Waals surface area (Å²) in [7, 11) is 0. The van der Waals surface area contributed by atoms with Gasteiger partial charge in [0.05, 0.1) is 6.26 Å². The summed E-state index contributed by atoms with van der Waals surface area (Å²) in [5.74, 6) is 1.47. The molecule has 70 valence electrons. The van der Waals surface area contributed by atoms with Crippen LogP contribution in [0.25, 0.3) is 0 Å². The molecule has 1 rings (SSSR count). The van der Waals surface area contributed by atoms with Crippen molar-refractivity contribution >= 4 is 0 Å². The lowest BCUT2D eigenvalue weighted by molar-refractivity contribution is 0.480. The van der Waals surface area contributed by atoms with Crippen LogP contribution in [-0.4, -0.2) is 0 Å². The van der Waals surface area contributed by atoms with E-state index in [0.29, 0.717) is 5.92 Å². The van der Waals surface area contributed by atoms with E-state index >= 15 is 0 Å². The highest BCUT2D eigenvalue weighted by Crippen LogP contribution is 2.18. The molecule has 0 aromatic heterocycles. The Morgan fingerprint density at radius 1 is 1.15 bits per heavy atom. The molecule has 0 amide bonds. The molecule has 1 aromatic carbocycles. The van der Waals surface area contributed by atoms with E-state index in [9.17, 15) is 0 Å². The highest BCUT2D eigenvalue weighted by Gasteiger charge is 1.97. The molecule has 0 saturated heterocycles. The zero-order valence-electron chi connectivity index (χ0n) is 8.45. The number of allylic oxidation sites excluding steroid dienone is 1. The Hall–Kier alpha value is -1.24. The monoisotopic (exact) mass is 176 g/mol. The molecule has 0 N–H and O–H groups in total. The van der Waals surface area contributed by atoms with Crippen LogP contribution in [0.3, 0.4) is 0 Å². The lowest BCUT2D eigenvalue weighted by Gasteiger charge is -2.05. The first kappa shape index (κ1) is 9.85. The standard InChI is InChI=1S/C12H16O/c1-4-9-13-12-7-5-11(6-8-12)10(2)3/h4-10H,1-3H3/b9-4-. The Labute approximate surface area is 80.0 Å². The molecule has 1 aromatic rings. The molecule has 0 fully saturated rings. The second-order valence-corrected chi connectivity index (χ2v) is 3.31. The summed E-state index contributed by atoms with van der Waals surface area (Å²) in [5, 5.41) is 0. The Morgan fingerprint density at radius 2 is 1.77 bits per heavy atom. The van der Waals surface area contributed by atoms with Gasteiger partial charge >= 0.3 is 0 Å². The smallest absolute Gasteiger partial charge is 0.126 e. The zero-order chi connectivity index (χ0) is 9.68. The topological polar surface area (TPSA) is 9.23 Å². The highest BCUT2D eigenvalue weighted by atomic mass is 16.5. The van der Waals surface area contributed by atoms with Crippen LogP contribution in [0.2, 0.25) is 0 Å². The minimum absolute atomic E-state index is 0.579. The lowest BCUT2D eigenvalue weighted by atomic mass is 10.0. The van der Waals surface area contributed by atoms with Crippen LogP contribution < -0.4 is 4.74 Å². The zero-order valence-corrected chi connectivity index (χ0v) is 8.45. The van der Waals surface area contributed by atoms with Crippen LogP contribution in [0.15, 0.2) is 36.6 Å². The van der Waals surface area contributed by atoms with E-state index < -0.39 is 0 Å². The second-order valence-electron chi connectivity index (χ2n) is 3.31. The third-order valence-corrected chi connectivity index (χ3v) is 1.89. The molecule has 0 heterocycles. The molecule has 0 unspecified atom stereocenters. The van der Waals surface area contributed by atoms with E-state index in [4.69, 9.17) is 4.74 Å². The summed E-state index contributed by atoms with van der Waals surface area (Å²) in [6.45, 7) is 6.30. The molecule has 0 spiro atoms. The summed E-state index contributed by atoms with van der Waals surface area (Å²) in [6.07, 6.45) is 3.56. The Morgan fingerprint density at radius 3 is 2.23 bits per heavy atom. The number of ether oxygens (including phenoxy) is 1. The number of hydrogen-bond donors (Lipinski definition) is 0. The maximum atomic E-state index is 5.31. The number of rotatable bonds is 3. The van der Waals surface area contributed by atoms with Gasteiger partial charge in [0, 0.05) is 0 Å². The fourth-order valence-corrected chi connectivity index (χ4v) is 1.08. The molecule has 1 nitrogen and oxygen atoms in total. The van der Waals surface area contributed by atoms with E-state index in [1.54, 1.807) is 6.26 Å². The molecular formula is C12H16O. The van der Waals surface area contributed by atoms with Gasteiger partial charge in [-0.25, -0.2) is 0 Å². The molecule has 1 heteroatoms. The fourth-order valence-electron chi connectivity index (χ4n) is 1.08. The van der Waals surface area contributed by atoms with Gasteiger partial charge in [0.15, 0.2) is 0 Å². The molecule has 0 atom stereocenters. The van der Waals surface area contributed by atoms with Crippen LogP contribution in [0.1, 0.15) is 32.3 Å². The summed E-state index contributed by atoms with van der Waals surface area (Å²) in [5.41, 5.74) is 1.34. The van der Waals surface area contributed by atoms with Crippen molar-refractivity contribution in [2.45, 2.75) is 26.7 Å². The summed E-state index contributed by atoms with van der Waals surface area (Å²) < 4.78 is 5.31. The normalized spacial score (nSPS) is 11.1. The van der Waals surface area contributed by atoms with Gasteiger partial charge in [-0.05, 0) is 30.5 Å². The van der Waals surface area contributed by atoms with Crippen LogP contribution in [-0.2, 0) is 0 Å². The highest BCUT2D eigenvalue weighted by molar-refractivity contribution is 5.29. The second kappa shape index (κ2) is 4.70. The molecule has 0 saturated carbocycles. The first-order valence-corrected chi connectivity index (χ1v) is 4.62. The predicted molar refractivity (Wildman–Crippen MR) is 56.0 cm³/mol. The van der Waals surface area contributed by atoms with Crippen molar-refractivity contribution in [3.05, 3.63) is 42.2 Å². The fraction of sp³-hybridized carbons (Fsp3) is 0.333. The number of hydrogen-bond acceptors (Lipinski definition) is 1. The van der Waals surface area contributed by atoms with Crippen molar-refractivity contribution in [2.75, 3.05) is 0 Å². The summed E-state index contributed by atoms with van der Waals surface area (Å²) in [4.78, 5) is 0. The van der Waals surface area contributed by atoms with Crippen molar-refractivity contribution in [1.82, 2.24) is 0 Å². The van der Waals surface area contributed by atoms with Gasteiger partial charge in [0.2, 0.25) is 0 Å². The van der Waals surface area contributed by atoms with Gasteiger partial charge in [-0.15, -0.1) is 0 Å². The van der Waals surface area contributed by atoms with E-state index in [0.717, 1.165) is 5.75 Å². The Bertz CT molecular complexity index is 270. The van der Waals surface area contributed by atoms with Crippen molar-refractivity contribution in [1.29, 1.82) is 0 Å². The third kappa shape index (κ3) is 2.94. The molecule has 0 aliphatic rings. The largest absolute Gasteiger partial charge is 0.465 e. The maximum Gasteiger partial charge on any atom is 0.126 e. The van der Waals surface area contributed by atoms with Gasteiger partial charge in [0.25, 0.3) is 0 Å². The molecule has 0 aliphatic carbocycles. The van der Waals surface area contributed by atoms with Crippen molar-refractivity contribution in [3.8, 4) is 5.75 Å². The van der Waals surface area contributed by atoms with E-state index in [-0.39, 0.29) is 0 Å². The van der Waals surface area contributed by atoms with Gasteiger partial charge in [0.1, 0.15) is 5.75 Å². The first-order chi connectivity index (χ1) is 6.24. The van der Waals surface area contributed by atoms with E-state index in [1.807, 2.05) is 25.1 Å². The maximum absolute atomic E-state index is 5.31. The molecular weight excluding hydrogens is 160 g/mol. The Kier molecular flexibility index (Phi) is 3.56. The number of benzene rings is 1. The van der Waals surface area contributed by atoms with Crippen LogP contribution >= 0.6 is 0 Å². The van der Waals surface area contributed by atoms with Crippen LogP contribution in [0.4, 0.5) is 0 Å². The van der Waals surface area contributed by atoms with Crippen LogP contribution in [0.5, 0.6) is 5.75 Å². The Balaban J connectivity index is 2.69. The predicted octanol–water partition coefficient (Wildman–Crippen LogP) is 3.72. The molecule has 0 radical (unpaired) electrons. The minimum atomic E-state index is 0.579. The van der Waals surface area contributed by atoms with Crippen LogP contribution in [0, 0.1) is 0 Å². The average Bonchev–Trinajstić information content (AvgIpc) is 2.15. The third-order valence-electron chi connectivity index (χ3n) is 1.89. The molecule has 0 bridgehead atoms. The molecule has 0 aliphatic heterocycles. The quantitative estimate of drug-likeness (QED) is 0.638. The summed E-state index contributed by atoms with van der Waals surface area (Å²) >= 11 is 0. The van der Waals surface area contributed by atoms with Gasteiger partial charge in [-0.1, -0.05) is 32.1 Å². The van der Waals surface area contributed by atoms with E-state index in [1.165, 1.54) is 5.56 Å². The van der Waals surface area contributed by atoms with Gasteiger partial charge in [-0.2, -0.15) is 0 Å². The summed E-state index contributed by atoms with van der Waals surface area (Å²) in [6, 6.07) is 8.19. The van der Waals surface area contributed by atoms with Crippen molar-refractivity contribution < 1.29 is 4.74 Å². The average molecular weight is 176 g/mol. The lowest BCUT2D eigenvalue weighted by Crippen LogP contribution is -1.87. The van der Waals surface area contributed by atoms with Crippen molar-refractivity contribution in [2.24, 2.45) is 0 Å². The minimum Gasteiger partial charge on any atom is -0.465 e. The van der Waals surface area contributed by atoms with Gasteiger partial charge < -0.3 is 4.74 Å². The first-order valence-electron chi connectivity index (χ1n) is 4.62.